The number of rotatable bonds is 4. The first kappa shape index (κ1) is 31.8. The molecular weight excluding hydrogens is 773 g/mol. The van der Waals surface area contributed by atoms with E-state index >= 15 is 0 Å². The Hall–Kier alpha value is -3.63. The fraction of sp³-hybridized carbons (Fsp3) is 0.150. The molecule has 4 heteroatoms. The van der Waals surface area contributed by atoms with Crippen molar-refractivity contribution in [2.45, 2.75) is 36.5 Å². The maximum absolute atomic E-state index is 4.79. The van der Waals surface area contributed by atoms with E-state index in [0.717, 1.165) is 22.5 Å². The van der Waals surface area contributed by atoms with Gasteiger partial charge in [-0.15, -0.1) is 35.4 Å². The standard InChI is InChI=1S/C26H20N.C14H16GeN.Ir/c1-26(2)23-14-7-6-13-21(23)22-17-27-25(16-24(22)26)20-12-8-11-19(15-20)18-9-4-3-5-10-18;1-15(2,3)13-9-10-14(16-11-13)12-7-5-4-6-8-12;/h3-11,13-17H,1-2H3;4-7,9-11H,1-3H3;/q2*-1;. The molecular formula is C40H36GeIrN2-2. The van der Waals surface area contributed by atoms with Gasteiger partial charge < -0.3 is 4.98 Å². The van der Waals surface area contributed by atoms with Gasteiger partial charge in [0.25, 0.3) is 0 Å². The summed E-state index contributed by atoms with van der Waals surface area (Å²) in [6.07, 6.45) is 4.07. The molecule has 0 aliphatic heterocycles. The second kappa shape index (κ2) is 13.2. The summed E-state index contributed by atoms with van der Waals surface area (Å²) in [4.78, 5) is 9.32. The van der Waals surface area contributed by atoms with Crippen LogP contribution in [0.4, 0.5) is 0 Å². The summed E-state index contributed by atoms with van der Waals surface area (Å²) in [5.41, 5.74) is 11.7. The minimum atomic E-state index is -1.72. The Morgan fingerprint density at radius 2 is 1.27 bits per heavy atom. The number of aromatic nitrogens is 2. The van der Waals surface area contributed by atoms with Crippen LogP contribution in [0.15, 0.2) is 128 Å². The number of fused-ring (bicyclic) bond motifs is 3. The monoisotopic (exact) mass is 811 g/mol. The Kier molecular flexibility index (Phi) is 9.51. The van der Waals surface area contributed by atoms with Crippen LogP contribution in [-0.2, 0) is 25.5 Å². The van der Waals surface area contributed by atoms with Crippen LogP contribution in [-0.4, -0.2) is 23.2 Å². The number of benzene rings is 4. The van der Waals surface area contributed by atoms with Gasteiger partial charge in [0.05, 0.1) is 0 Å². The Morgan fingerprint density at radius 1 is 0.568 bits per heavy atom. The van der Waals surface area contributed by atoms with Crippen molar-refractivity contribution in [3.8, 4) is 44.8 Å². The molecule has 2 aromatic heterocycles. The predicted molar refractivity (Wildman–Crippen MR) is 183 cm³/mol. The van der Waals surface area contributed by atoms with Crippen molar-refractivity contribution in [1.29, 1.82) is 0 Å². The van der Waals surface area contributed by atoms with Gasteiger partial charge in [-0.2, -0.15) is 0 Å². The molecule has 1 radical (unpaired) electrons. The maximum atomic E-state index is 4.79. The number of hydrogen-bond acceptors (Lipinski definition) is 2. The van der Waals surface area contributed by atoms with Gasteiger partial charge in [0, 0.05) is 37.3 Å². The van der Waals surface area contributed by atoms with E-state index in [2.05, 4.69) is 127 Å². The maximum Gasteiger partial charge on any atom is 0 e. The van der Waals surface area contributed by atoms with Crippen LogP contribution in [0.5, 0.6) is 0 Å². The van der Waals surface area contributed by atoms with Crippen molar-refractivity contribution in [2.75, 3.05) is 0 Å². The van der Waals surface area contributed by atoms with Crippen LogP contribution in [0.2, 0.25) is 17.3 Å². The van der Waals surface area contributed by atoms with Gasteiger partial charge in [-0.25, -0.2) is 0 Å². The fourth-order valence-electron chi connectivity index (χ4n) is 5.72. The molecule has 0 spiro atoms. The van der Waals surface area contributed by atoms with E-state index in [4.69, 9.17) is 4.98 Å². The third-order valence-corrected chi connectivity index (χ3v) is 12.5. The van der Waals surface area contributed by atoms with Crippen LogP contribution in [0.3, 0.4) is 0 Å². The van der Waals surface area contributed by atoms with Crippen molar-refractivity contribution in [1.82, 2.24) is 9.97 Å². The molecule has 0 saturated heterocycles. The molecule has 6 aromatic rings. The summed E-state index contributed by atoms with van der Waals surface area (Å²) in [5.74, 6) is 7.14. The first-order valence-corrected chi connectivity index (χ1v) is 22.2. The third kappa shape index (κ3) is 6.56. The minimum absolute atomic E-state index is 0. The van der Waals surface area contributed by atoms with Gasteiger partial charge in [-0.05, 0) is 27.9 Å². The van der Waals surface area contributed by atoms with Crippen LogP contribution < -0.4 is 4.40 Å². The molecule has 0 N–H and O–H groups in total. The molecule has 4 aromatic carbocycles. The van der Waals surface area contributed by atoms with Crippen molar-refractivity contribution >= 4 is 17.7 Å². The van der Waals surface area contributed by atoms with Gasteiger partial charge in [-0.3, -0.25) is 0 Å². The fourth-order valence-corrected chi connectivity index (χ4v) is 7.89. The molecule has 7 rings (SSSR count). The van der Waals surface area contributed by atoms with Crippen molar-refractivity contribution < 1.29 is 20.1 Å². The van der Waals surface area contributed by atoms with Crippen LogP contribution >= 0.6 is 0 Å². The Labute approximate surface area is 278 Å². The van der Waals surface area contributed by atoms with Crippen LogP contribution in [0.1, 0.15) is 25.0 Å². The normalized spacial score (nSPS) is 12.7. The molecule has 0 unspecified atom stereocenters. The molecule has 2 heterocycles. The van der Waals surface area contributed by atoms with Crippen LogP contribution in [0, 0.1) is 12.1 Å². The van der Waals surface area contributed by atoms with Crippen molar-refractivity contribution in [3.63, 3.8) is 0 Å². The van der Waals surface area contributed by atoms with E-state index in [0.29, 0.717) is 0 Å². The van der Waals surface area contributed by atoms with E-state index in [-0.39, 0.29) is 25.5 Å². The molecule has 0 amide bonds. The van der Waals surface area contributed by atoms with E-state index in [9.17, 15) is 0 Å². The summed E-state index contributed by atoms with van der Waals surface area (Å²) in [7, 11) is 0. The van der Waals surface area contributed by atoms with E-state index < -0.39 is 13.3 Å². The van der Waals surface area contributed by atoms with Gasteiger partial charge in [0.1, 0.15) is 0 Å². The molecule has 0 atom stereocenters. The molecule has 0 bridgehead atoms. The molecule has 1 aliphatic carbocycles. The van der Waals surface area contributed by atoms with E-state index in [1.807, 2.05) is 48.8 Å². The smallest absolute Gasteiger partial charge is 0 e. The first-order valence-electron chi connectivity index (χ1n) is 14.8. The Balaban J connectivity index is 0.000000194. The van der Waals surface area contributed by atoms with E-state index in [1.165, 1.54) is 37.8 Å². The number of hydrogen-bond donors (Lipinski definition) is 0. The average Bonchev–Trinajstić information content (AvgIpc) is 3.28. The first-order chi connectivity index (χ1) is 20.7. The zero-order chi connectivity index (χ0) is 30.0. The Bertz CT molecular complexity index is 1860. The predicted octanol–water partition coefficient (Wildman–Crippen LogP) is 9.61. The van der Waals surface area contributed by atoms with Gasteiger partial charge >= 0.3 is 99.8 Å². The molecule has 44 heavy (non-hydrogen) atoms. The largest absolute Gasteiger partial charge is 0 e. The molecule has 2 nitrogen and oxygen atoms in total. The molecule has 0 fully saturated rings. The average molecular weight is 810 g/mol. The summed E-state index contributed by atoms with van der Waals surface area (Å²) in [6, 6.07) is 46.5. The second-order valence-electron chi connectivity index (χ2n) is 12.6. The zero-order valence-corrected chi connectivity index (χ0v) is 30.3. The van der Waals surface area contributed by atoms with Gasteiger partial charge in [0.15, 0.2) is 0 Å². The van der Waals surface area contributed by atoms with Crippen LogP contribution in [0.25, 0.3) is 44.8 Å². The SMILES string of the molecule is CC1(C)c2ccccc2-c2cnc(-c3[c-]ccc(-c4ccccc4)c3)cc21.[CH3][Ge]([CH3])([CH3])[c]1ccc(-c2[c-]cccc2)nc1.[Ir]. The summed E-state index contributed by atoms with van der Waals surface area (Å²) < 4.78 is 1.44. The summed E-state index contributed by atoms with van der Waals surface area (Å²) in [5, 5.41) is 0. The van der Waals surface area contributed by atoms with E-state index in [1.54, 1.807) is 0 Å². The summed E-state index contributed by atoms with van der Waals surface area (Å²) in [6.45, 7) is 4.59. The third-order valence-electron chi connectivity index (χ3n) is 8.27. The Morgan fingerprint density at radius 3 is 1.98 bits per heavy atom. The second-order valence-corrected chi connectivity index (χ2v) is 23.3. The molecule has 0 saturated carbocycles. The molecule has 221 valence electrons. The minimum Gasteiger partial charge on any atom is 0 e. The van der Waals surface area contributed by atoms with Crippen molar-refractivity contribution in [3.05, 3.63) is 151 Å². The quantitative estimate of drug-likeness (QED) is 0.131. The van der Waals surface area contributed by atoms with Crippen molar-refractivity contribution in [2.24, 2.45) is 0 Å². The summed E-state index contributed by atoms with van der Waals surface area (Å²) >= 11 is -1.72. The molecule has 1 aliphatic rings. The number of pyridine rings is 2. The number of nitrogens with zero attached hydrogens (tertiary/aromatic N) is 2. The van der Waals surface area contributed by atoms with Gasteiger partial charge in [0.2, 0.25) is 0 Å². The van der Waals surface area contributed by atoms with Gasteiger partial charge in [-0.1, -0.05) is 74.5 Å². The zero-order valence-electron chi connectivity index (χ0n) is 25.9. The topological polar surface area (TPSA) is 25.8 Å².